The second kappa shape index (κ2) is 6.27. The van der Waals surface area contributed by atoms with Gasteiger partial charge in [0.05, 0.1) is 13.2 Å². The molecule has 0 aromatic heterocycles. The molecule has 0 radical (unpaired) electrons. The molecule has 1 rings (SSSR count). The van der Waals surface area contributed by atoms with Crippen molar-refractivity contribution in [1.29, 1.82) is 0 Å². The monoisotopic (exact) mass is 227 g/mol. The van der Waals surface area contributed by atoms with E-state index in [2.05, 4.69) is 6.58 Å². The smallest absolute Gasteiger partial charge is 0.303 e. The van der Waals surface area contributed by atoms with Crippen LogP contribution in [0.15, 0.2) is 12.7 Å². The Morgan fingerprint density at radius 2 is 2.12 bits per heavy atom. The van der Waals surface area contributed by atoms with Crippen molar-refractivity contribution in [3.05, 3.63) is 12.7 Å². The van der Waals surface area contributed by atoms with Gasteiger partial charge in [0.15, 0.2) is 6.10 Å². The van der Waals surface area contributed by atoms with Crippen LogP contribution in [0.1, 0.15) is 13.3 Å². The molecule has 1 aliphatic heterocycles. The number of hydrogen-bond donors (Lipinski definition) is 0. The lowest BCUT2D eigenvalue weighted by Crippen LogP contribution is -2.46. The molecule has 0 aliphatic carbocycles. The van der Waals surface area contributed by atoms with E-state index in [0.29, 0.717) is 32.7 Å². The van der Waals surface area contributed by atoms with Crippen molar-refractivity contribution in [2.75, 3.05) is 26.3 Å². The van der Waals surface area contributed by atoms with E-state index in [1.54, 1.807) is 11.0 Å². The first kappa shape index (κ1) is 12.7. The molecule has 0 N–H and O–H groups in total. The van der Waals surface area contributed by atoms with Crippen LogP contribution in [0, 0.1) is 0 Å². The minimum atomic E-state index is -0.743. The summed E-state index contributed by atoms with van der Waals surface area (Å²) in [4.78, 5) is 24.5. The van der Waals surface area contributed by atoms with Crippen LogP contribution in [0.4, 0.5) is 0 Å². The van der Waals surface area contributed by atoms with E-state index in [1.807, 2.05) is 0 Å². The van der Waals surface area contributed by atoms with Gasteiger partial charge in [-0.15, -0.1) is 6.58 Å². The fraction of sp³-hybridized carbons (Fsp3) is 0.636. The molecule has 16 heavy (non-hydrogen) atoms. The Balaban J connectivity index is 2.57. The lowest BCUT2D eigenvalue weighted by atomic mass is 10.2. The molecule has 1 heterocycles. The van der Waals surface area contributed by atoms with Crippen LogP contribution < -0.4 is 0 Å². The van der Waals surface area contributed by atoms with Gasteiger partial charge in [-0.25, -0.2) is 0 Å². The van der Waals surface area contributed by atoms with Gasteiger partial charge in [-0.2, -0.15) is 0 Å². The number of carbonyl (C=O) groups excluding carboxylic acids is 2. The molecule has 1 atom stereocenters. The highest BCUT2D eigenvalue weighted by atomic mass is 16.5. The van der Waals surface area contributed by atoms with E-state index < -0.39 is 12.1 Å². The van der Waals surface area contributed by atoms with E-state index in [9.17, 15) is 9.59 Å². The summed E-state index contributed by atoms with van der Waals surface area (Å²) in [7, 11) is 0. The molecule has 1 amide bonds. The van der Waals surface area contributed by atoms with Gasteiger partial charge in [-0.1, -0.05) is 6.08 Å². The number of nitrogens with zero attached hydrogens (tertiary/aromatic N) is 1. The van der Waals surface area contributed by atoms with Gasteiger partial charge in [0.2, 0.25) is 0 Å². The topological polar surface area (TPSA) is 55.8 Å². The molecule has 0 bridgehead atoms. The van der Waals surface area contributed by atoms with Gasteiger partial charge in [0, 0.05) is 26.4 Å². The quantitative estimate of drug-likeness (QED) is 0.514. The summed E-state index contributed by atoms with van der Waals surface area (Å²) in [5.74, 6) is -0.619. The third kappa shape index (κ3) is 3.66. The van der Waals surface area contributed by atoms with E-state index in [-0.39, 0.29) is 5.91 Å². The maximum Gasteiger partial charge on any atom is 0.303 e. The standard InChI is InChI=1S/C11H17NO4/c1-3-4-10(16-9(2)13)11(14)12-5-7-15-8-6-12/h3,10H,1,4-8H2,2H3/t10-/m0/s1. The number of esters is 1. The highest BCUT2D eigenvalue weighted by Gasteiger charge is 2.26. The predicted molar refractivity (Wildman–Crippen MR) is 57.8 cm³/mol. The van der Waals surface area contributed by atoms with Gasteiger partial charge in [-0.05, 0) is 0 Å². The van der Waals surface area contributed by atoms with Crippen LogP contribution in [-0.2, 0) is 19.1 Å². The zero-order valence-electron chi connectivity index (χ0n) is 9.48. The first-order chi connectivity index (χ1) is 7.65. The summed E-state index contributed by atoms with van der Waals surface area (Å²) in [5, 5.41) is 0. The molecule has 1 saturated heterocycles. The van der Waals surface area contributed by atoms with Crippen molar-refractivity contribution in [3.63, 3.8) is 0 Å². The Morgan fingerprint density at radius 3 is 2.62 bits per heavy atom. The van der Waals surface area contributed by atoms with Crippen molar-refractivity contribution in [2.45, 2.75) is 19.4 Å². The Bertz CT molecular complexity index is 271. The molecule has 0 aromatic rings. The van der Waals surface area contributed by atoms with Crippen molar-refractivity contribution in [2.24, 2.45) is 0 Å². The van der Waals surface area contributed by atoms with Crippen LogP contribution in [0.5, 0.6) is 0 Å². The molecular formula is C11H17NO4. The lowest BCUT2D eigenvalue weighted by Gasteiger charge is -2.29. The second-order valence-electron chi connectivity index (χ2n) is 3.56. The Morgan fingerprint density at radius 1 is 1.50 bits per heavy atom. The molecule has 0 spiro atoms. The first-order valence-corrected chi connectivity index (χ1v) is 5.29. The van der Waals surface area contributed by atoms with Crippen LogP contribution in [0.25, 0.3) is 0 Å². The minimum absolute atomic E-state index is 0.168. The molecule has 5 nitrogen and oxygen atoms in total. The molecule has 0 aromatic carbocycles. The Labute approximate surface area is 95.0 Å². The van der Waals surface area contributed by atoms with Crippen molar-refractivity contribution < 1.29 is 19.1 Å². The van der Waals surface area contributed by atoms with Gasteiger partial charge in [0.1, 0.15) is 0 Å². The van der Waals surface area contributed by atoms with Crippen LogP contribution >= 0.6 is 0 Å². The number of morpholine rings is 1. The Hall–Kier alpha value is -1.36. The SMILES string of the molecule is C=CC[C@H](OC(C)=O)C(=O)N1CCOCC1. The van der Waals surface area contributed by atoms with Gasteiger partial charge in [0.25, 0.3) is 5.91 Å². The van der Waals surface area contributed by atoms with E-state index >= 15 is 0 Å². The molecular weight excluding hydrogens is 210 g/mol. The van der Waals surface area contributed by atoms with Crippen LogP contribution in [-0.4, -0.2) is 49.2 Å². The number of carbonyl (C=O) groups is 2. The predicted octanol–water partition coefficient (Wildman–Crippen LogP) is 0.353. The van der Waals surface area contributed by atoms with E-state index in [0.717, 1.165) is 0 Å². The van der Waals surface area contributed by atoms with E-state index in [1.165, 1.54) is 6.92 Å². The molecule has 1 fully saturated rings. The Kier molecular flexibility index (Phi) is 4.98. The molecule has 0 unspecified atom stereocenters. The van der Waals surface area contributed by atoms with Gasteiger partial charge >= 0.3 is 5.97 Å². The van der Waals surface area contributed by atoms with Crippen LogP contribution in [0.3, 0.4) is 0 Å². The summed E-state index contributed by atoms with van der Waals surface area (Å²) in [6.07, 6.45) is 1.18. The molecule has 5 heteroatoms. The van der Waals surface area contributed by atoms with Crippen molar-refractivity contribution >= 4 is 11.9 Å². The minimum Gasteiger partial charge on any atom is -0.452 e. The number of rotatable bonds is 4. The van der Waals surface area contributed by atoms with Gasteiger partial charge < -0.3 is 14.4 Å². The summed E-state index contributed by atoms with van der Waals surface area (Å²) in [6.45, 7) is 7.01. The first-order valence-electron chi connectivity index (χ1n) is 5.29. The van der Waals surface area contributed by atoms with E-state index in [4.69, 9.17) is 9.47 Å². The summed E-state index contributed by atoms with van der Waals surface area (Å²) in [6, 6.07) is 0. The normalized spacial score (nSPS) is 17.7. The average molecular weight is 227 g/mol. The maximum atomic E-state index is 12.0. The van der Waals surface area contributed by atoms with Crippen LogP contribution in [0.2, 0.25) is 0 Å². The molecule has 1 aliphatic rings. The third-order valence-corrected chi connectivity index (χ3v) is 2.29. The second-order valence-corrected chi connectivity index (χ2v) is 3.56. The number of amides is 1. The molecule has 0 saturated carbocycles. The molecule has 90 valence electrons. The summed E-state index contributed by atoms with van der Waals surface area (Å²) < 4.78 is 10.1. The van der Waals surface area contributed by atoms with Gasteiger partial charge in [-0.3, -0.25) is 9.59 Å². The third-order valence-electron chi connectivity index (χ3n) is 2.29. The van der Waals surface area contributed by atoms with Crippen molar-refractivity contribution in [1.82, 2.24) is 4.90 Å². The maximum absolute atomic E-state index is 12.0. The highest BCUT2D eigenvalue weighted by Crippen LogP contribution is 2.08. The fourth-order valence-corrected chi connectivity index (χ4v) is 1.54. The summed E-state index contributed by atoms with van der Waals surface area (Å²) in [5.41, 5.74) is 0. The number of hydrogen-bond acceptors (Lipinski definition) is 4. The lowest BCUT2D eigenvalue weighted by molar-refractivity contribution is -0.160. The number of ether oxygens (including phenoxy) is 2. The fourth-order valence-electron chi connectivity index (χ4n) is 1.54. The summed E-state index contributed by atoms with van der Waals surface area (Å²) >= 11 is 0. The highest BCUT2D eigenvalue weighted by molar-refractivity contribution is 5.83. The average Bonchev–Trinajstić information content (AvgIpc) is 2.28. The largest absolute Gasteiger partial charge is 0.452 e. The zero-order chi connectivity index (χ0) is 12.0. The van der Waals surface area contributed by atoms with Crippen molar-refractivity contribution in [3.8, 4) is 0 Å². The zero-order valence-corrected chi connectivity index (χ0v) is 9.48.